The van der Waals surface area contributed by atoms with Crippen LogP contribution in [0.25, 0.3) is 10.9 Å². The highest BCUT2D eigenvalue weighted by molar-refractivity contribution is 7.99. The molecule has 0 fully saturated rings. The molecule has 0 saturated carbocycles. The Morgan fingerprint density at radius 1 is 1.00 bits per heavy atom. The van der Waals surface area contributed by atoms with Crippen molar-refractivity contribution in [3.8, 4) is 0 Å². The van der Waals surface area contributed by atoms with E-state index in [1.165, 1.54) is 26.3 Å². The number of nitrogens with one attached hydrogen (secondary N) is 2. The fourth-order valence-corrected chi connectivity index (χ4v) is 3.25. The molecule has 1 heterocycles. The van der Waals surface area contributed by atoms with Crippen LogP contribution >= 0.6 is 11.8 Å². The first-order valence-electron chi connectivity index (χ1n) is 6.35. The minimum absolute atomic E-state index is 0.894. The van der Waals surface area contributed by atoms with E-state index in [9.17, 15) is 0 Å². The van der Waals surface area contributed by atoms with Gasteiger partial charge in [0.2, 0.25) is 0 Å². The molecule has 0 bridgehead atoms. The Hall–Kier alpha value is -1.71. The van der Waals surface area contributed by atoms with Crippen LogP contribution in [0.4, 0.5) is 0 Å². The van der Waals surface area contributed by atoms with Gasteiger partial charge in [0.15, 0.2) is 0 Å². The predicted octanol–water partition coefficient (Wildman–Crippen LogP) is 4.04. The summed E-state index contributed by atoms with van der Waals surface area (Å²) in [5, 5.41) is 4.50. The molecule has 0 saturated heterocycles. The van der Waals surface area contributed by atoms with Crippen LogP contribution in [0.5, 0.6) is 0 Å². The van der Waals surface area contributed by atoms with Gasteiger partial charge in [0.1, 0.15) is 0 Å². The van der Waals surface area contributed by atoms with Gasteiger partial charge in [-0.05, 0) is 24.7 Å². The number of hydrogen-bond acceptors (Lipinski definition) is 2. The van der Waals surface area contributed by atoms with Crippen molar-refractivity contribution in [2.24, 2.45) is 0 Å². The lowest BCUT2D eigenvalue weighted by Gasteiger charge is -2.07. The zero-order valence-electron chi connectivity index (χ0n) is 10.8. The van der Waals surface area contributed by atoms with E-state index in [-0.39, 0.29) is 0 Å². The number of H-pyrrole nitrogens is 1. The normalized spacial score (nSPS) is 11.0. The van der Waals surface area contributed by atoms with E-state index >= 15 is 0 Å². The van der Waals surface area contributed by atoms with Gasteiger partial charge in [0.25, 0.3) is 0 Å². The highest BCUT2D eigenvalue weighted by Gasteiger charge is 2.07. The molecule has 19 heavy (non-hydrogen) atoms. The number of rotatable bonds is 4. The van der Waals surface area contributed by atoms with Crippen molar-refractivity contribution in [1.82, 2.24) is 10.3 Å². The summed E-state index contributed by atoms with van der Waals surface area (Å²) in [4.78, 5) is 5.91. The minimum Gasteiger partial charge on any atom is -0.360 e. The summed E-state index contributed by atoms with van der Waals surface area (Å²) < 4.78 is 0. The molecule has 3 rings (SSSR count). The van der Waals surface area contributed by atoms with E-state index in [0.717, 1.165) is 6.54 Å². The van der Waals surface area contributed by atoms with Crippen molar-refractivity contribution >= 4 is 22.7 Å². The van der Waals surface area contributed by atoms with Crippen molar-refractivity contribution in [3.05, 3.63) is 60.3 Å². The molecule has 2 aromatic carbocycles. The molecule has 2 nitrogen and oxygen atoms in total. The predicted molar refractivity (Wildman–Crippen MR) is 81.6 cm³/mol. The van der Waals surface area contributed by atoms with Crippen LogP contribution in [0, 0.1) is 0 Å². The van der Waals surface area contributed by atoms with E-state index in [0.29, 0.717) is 0 Å². The maximum absolute atomic E-state index is 3.32. The molecule has 0 unspecified atom stereocenters. The molecule has 96 valence electrons. The molecule has 0 spiro atoms. The number of benzene rings is 2. The summed E-state index contributed by atoms with van der Waals surface area (Å²) in [6.07, 6.45) is 2.09. The maximum Gasteiger partial charge on any atom is 0.0465 e. The minimum atomic E-state index is 0.894. The second kappa shape index (κ2) is 5.51. The van der Waals surface area contributed by atoms with E-state index < -0.39 is 0 Å². The molecule has 0 radical (unpaired) electrons. The lowest BCUT2D eigenvalue weighted by molar-refractivity contribution is 0.803. The molecule has 0 amide bonds. The fraction of sp³-hybridized carbons (Fsp3) is 0.125. The Labute approximate surface area is 117 Å². The molecule has 3 aromatic rings. The molecule has 0 aliphatic rings. The monoisotopic (exact) mass is 268 g/mol. The molecule has 0 atom stereocenters. The largest absolute Gasteiger partial charge is 0.360 e. The number of para-hydroxylation sites is 1. The van der Waals surface area contributed by atoms with Crippen molar-refractivity contribution < 1.29 is 0 Å². The number of hydrogen-bond donors (Lipinski definition) is 2. The summed E-state index contributed by atoms with van der Waals surface area (Å²) >= 11 is 1.82. The fourth-order valence-electron chi connectivity index (χ4n) is 2.19. The van der Waals surface area contributed by atoms with Gasteiger partial charge in [-0.25, -0.2) is 0 Å². The van der Waals surface area contributed by atoms with E-state index in [1.807, 2.05) is 18.8 Å². The van der Waals surface area contributed by atoms with E-state index in [4.69, 9.17) is 0 Å². The summed E-state index contributed by atoms with van der Waals surface area (Å²) in [5.74, 6) is 0. The lowest BCUT2D eigenvalue weighted by Crippen LogP contribution is -2.05. The number of fused-ring (bicyclic) bond motifs is 1. The summed E-state index contributed by atoms with van der Waals surface area (Å²) in [6.45, 7) is 0.894. The van der Waals surface area contributed by atoms with Crippen molar-refractivity contribution in [2.45, 2.75) is 16.3 Å². The summed E-state index contributed by atoms with van der Waals surface area (Å²) in [7, 11) is 1.98. The van der Waals surface area contributed by atoms with E-state index in [1.54, 1.807) is 0 Å². The van der Waals surface area contributed by atoms with Gasteiger partial charge >= 0.3 is 0 Å². The topological polar surface area (TPSA) is 27.8 Å². The molecule has 3 heteroatoms. The zero-order chi connectivity index (χ0) is 13.1. The molecular weight excluding hydrogens is 252 g/mol. The third kappa shape index (κ3) is 2.53. The van der Waals surface area contributed by atoms with Crippen LogP contribution in [0.15, 0.2) is 64.5 Å². The number of aromatic amines is 1. The van der Waals surface area contributed by atoms with Crippen molar-refractivity contribution in [1.29, 1.82) is 0 Å². The second-order valence-corrected chi connectivity index (χ2v) is 5.52. The van der Waals surface area contributed by atoms with Crippen molar-refractivity contribution in [2.75, 3.05) is 7.05 Å². The molecule has 0 aliphatic heterocycles. The molecule has 2 N–H and O–H groups in total. The van der Waals surface area contributed by atoms with Crippen LogP contribution < -0.4 is 5.32 Å². The average Bonchev–Trinajstić information content (AvgIpc) is 2.85. The molecule has 0 aliphatic carbocycles. The standard InChI is InChI=1S/C16H16N2S/c1-17-10-12-6-2-5-9-15(12)19-16-11-18-14-8-4-3-7-13(14)16/h2-9,11,17-18H,10H2,1H3. The Kier molecular flexibility index (Phi) is 3.58. The Morgan fingerprint density at radius 3 is 2.68 bits per heavy atom. The highest BCUT2D eigenvalue weighted by atomic mass is 32.2. The quantitative estimate of drug-likeness (QED) is 0.747. The SMILES string of the molecule is CNCc1ccccc1Sc1c[nH]c2ccccc12. The first kappa shape index (κ1) is 12.3. The molecular formula is C16H16N2S. The maximum atomic E-state index is 3.32. The average molecular weight is 268 g/mol. The van der Waals surface area contributed by atoms with Crippen LogP contribution in [-0.2, 0) is 6.54 Å². The van der Waals surface area contributed by atoms with Crippen molar-refractivity contribution in [3.63, 3.8) is 0 Å². The van der Waals surface area contributed by atoms with Crippen LogP contribution in [0.1, 0.15) is 5.56 Å². The number of aromatic nitrogens is 1. The van der Waals surface area contributed by atoms with E-state index in [2.05, 4.69) is 65.0 Å². The summed E-state index contributed by atoms with van der Waals surface area (Å²) in [5.41, 5.74) is 2.52. The Morgan fingerprint density at radius 2 is 1.79 bits per heavy atom. The first-order chi connectivity index (χ1) is 9.38. The Balaban J connectivity index is 1.97. The smallest absolute Gasteiger partial charge is 0.0465 e. The van der Waals surface area contributed by atoms with Crippen LogP contribution in [0.2, 0.25) is 0 Å². The zero-order valence-corrected chi connectivity index (χ0v) is 11.6. The highest BCUT2D eigenvalue weighted by Crippen LogP contribution is 2.35. The van der Waals surface area contributed by atoms with Gasteiger partial charge < -0.3 is 10.3 Å². The Bertz CT molecular complexity index is 688. The second-order valence-electron chi connectivity index (χ2n) is 4.44. The molecule has 1 aromatic heterocycles. The van der Waals surface area contributed by atoms with Gasteiger partial charge in [0.05, 0.1) is 0 Å². The third-order valence-electron chi connectivity index (χ3n) is 3.11. The van der Waals surface area contributed by atoms with Gasteiger partial charge in [-0.1, -0.05) is 48.2 Å². The lowest BCUT2D eigenvalue weighted by atomic mass is 10.2. The van der Waals surface area contributed by atoms with Crippen LogP contribution in [0.3, 0.4) is 0 Å². The summed E-state index contributed by atoms with van der Waals surface area (Å²) in [6, 6.07) is 16.9. The van der Waals surface area contributed by atoms with Gasteiger partial charge in [0, 0.05) is 33.4 Å². The first-order valence-corrected chi connectivity index (χ1v) is 7.16. The van der Waals surface area contributed by atoms with Gasteiger partial charge in [-0.2, -0.15) is 0 Å². The van der Waals surface area contributed by atoms with Gasteiger partial charge in [-0.3, -0.25) is 0 Å². The third-order valence-corrected chi connectivity index (χ3v) is 4.29. The van der Waals surface area contributed by atoms with Crippen LogP contribution in [-0.4, -0.2) is 12.0 Å². The van der Waals surface area contributed by atoms with Gasteiger partial charge in [-0.15, -0.1) is 0 Å².